The standard InChI is InChI=1S/C11H18N2O/c1-3-4-9-10(14)7-8(2)13-6-5-12-11(9)13/h3,8-10,14H,1,4-7H2,2H3. The van der Waals surface area contributed by atoms with Gasteiger partial charge in [0.05, 0.1) is 12.6 Å². The van der Waals surface area contributed by atoms with Crippen molar-refractivity contribution in [3.8, 4) is 0 Å². The van der Waals surface area contributed by atoms with Crippen molar-refractivity contribution in [3.63, 3.8) is 0 Å². The number of rotatable bonds is 2. The van der Waals surface area contributed by atoms with E-state index in [4.69, 9.17) is 0 Å². The lowest BCUT2D eigenvalue weighted by atomic mass is 9.87. The molecule has 0 spiro atoms. The molecule has 0 radical (unpaired) electrons. The van der Waals surface area contributed by atoms with Crippen molar-refractivity contribution in [2.45, 2.75) is 31.9 Å². The number of fused-ring (bicyclic) bond motifs is 1. The minimum Gasteiger partial charge on any atom is -0.392 e. The average molecular weight is 194 g/mol. The van der Waals surface area contributed by atoms with Crippen LogP contribution < -0.4 is 0 Å². The zero-order valence-corrected chi connectivity index (χ0v) is 8.69. The van der Waals surface area contributed by atoms with Gasteiger partial charge in [-0.1, -0.05) is 6.08 Å². The average Bonchev–Trinajstić information content (AvgIpc) is 2.60. The summed E-state index contributed by atoms with van der Waals surface area (Å²) in [6.07, 6.45) is 3.33. The molecule has 0 aliphatic carbocycles. The highest BCUT2D eigenvalue weighted by molar-refractivity contribution is 5.87. The van der Waals surface area contributed by atoms with Crippen LogP contribution >= 0.6 is 0 Å². The maximum atomic E-state index is 9.96. The van der Waals surface area contributed by atoms with Crippen LogP contribution in [0.15, 0.2) is 17.6 Å². The van der Waals surface area contributed by atoms with Gasteiger partial charge in [-0.2, -0.15) is 0 Å². The van der Waals surface area contributed by atoms with Crippen molar-refractivity contribution in [2.75, 3.05) is 13.1 Å². The first kappa shape index (κ1) is 9.71. The molecule has 3 unspecified atom stereocenters. The second kappa shape index (κ2) is 3.73. The number of piperidine rings is 1. The zero-order valence-electron chi connectivity index (χ0n) is 8.69. The van der Waals surface area contributed by atoms with Crippen molar-refractivity contribution in [1.82, 2.24) is 4.90 Å². The van der Waals surface area contributed by atoms with Crippen LogP contribution in [0.1, 0.15) is 19.8 Å². The molecule has 1 fully saturated rings. The molecule has 2 aliphatic rings. The molecule has 3 nitrogen and oxygen atoms in total. The number of amidine groups is 1. The molecule has 3 atom stereocenters. The fraction of sp³-hybridized carbons (Fsp3) is 0.727. The third-order valence-electron chi connectivity index (χ3n) is 3.24. The Hall–Kier alpha value is -0.830. The number of aliphatic hydroxyl groups excluding tert-OH is 1. The van der Waals surface area contributed by atoms with Gasteiger partial charge < -0.3 is 10.0 Å². The lowest BCUT2D eigenvalue weighted by Crippen LogP contribution is -2.50. The summed E-state index contributed by atoms with van der Waals surface area (Å²) in [4.78, 5) is 6.83. The van der Waals surface area contributed by atoms with Crippen molar-refractivity contribution in [2.24, 2.45) is 10.9 Å². The van der Waals surface area contributed by atoms with Crippen LogP contribution in [0.25, 0.3) is 0 Å². The zero-order chi connectivity index (χ0) is 10.1. The van der Waals surface area contributed by atoms with Gasteiger partial charge in [0, 0.05) is 18.5 Å². The van der Waals surface area contributed by atoms with Gasteiger partial charge >= 0.3 is 0 Å². The first-order valence-corrected chi connectivity index (χ1v) is 5.34. The number of hydrogen-bond donors (Lipinski definition) is 1. The smallest absolute Gasteiger partial charge is 0.105 e. The Morgan fingerprint density at radius 1 is 1.71 bits per heavy atom. The Morgan fingerprint density at radius 2 is 2.50 bits per heavy atom. The van der Waals surface area contributed by atoms with Crippen LogP contribution in [0.5, 0.6) is 0 Å². The largest absolute Gasteiger partial charge is 0.392 e. The van der Waals surface area contributed by atoms with E-state index in [0.29, 0.717) is 6.04 Å². The summed E-state index contributed by atoms with van der Waals surface area (Å²) in [5.41, 5.74) is 0. The van der Waals surface area contributed by atoms with Crippen LogP contribution in [0, 0.1) is 5.92 Å². The summed E-state index contributed by atoms with van der Waals surface area (Å²) in [7, 11) is 0. The highest BCUT2D eigenvalue weighted by atomic mass is 16.3. The molecular formula is C11H18N2O. The molecule has 0 aromatic carbocycles. The molecule has 78 valence electrons. The van der Waals surface area contributed by atoms with Crippen LogP contribution in [0.3, 0.4) is 0 Å². The molecule has 0 aromatic rings. The van der Waals surface area contributed by atoms with Crippen LogP contribution in [-0.4, -0.2) is 41.1 Å². The van der Waals surface area contributed by atoms with Crippen molar-refractivity contribution >= 4 is 5.84 Å². The summed E-state index contributed by atoms with van der Waals surface area (Å²) in [5, 5.41) is 9.96. The molecule has 2 aliphatic heterocycles. The van der Waals surface area contributed by atoms with Crippen LogP contribution in [0.4, 0.5) is 0 Å². The normalized spacial score (nSPS) is 36.6. The fourth-order valence-corrected chi connectivity index (χ4v) is 2.51. The highest BCUT2D eigenvalue weighted by Gasteiger charge is 2.38. The molecule has 1 saturated heterocycles. The summed E-state index contributed by atoms with van der Waals surface area (Å²) in [6.45, 7) is 7.81. The second-order valence-electron chi connectivity index (χ2n) is 4.22. The van der Waals surface area contributed by atoms with E-state index >= 15 is 0 Å². The van der Waals surface area contributed by atoms with Gasteiger partial charge in [0.2, 0.25) is 0 Å². The number of allylic oxidation sites excluding steroid dienone is 1. The Kier molecular flexibility index (Phi) is 2.59. The van der Waals surface area contributed by atoms with Crippen LogP contribution in [0.2, 0.25) is 0 Å². The molecular weight excluding hydrogens is 176 g/mol. The van der Waals surface area contributed by atoms with Gasteiger partial charge in [-0.05, 0) is 19.8 Å². The lowest BCUT2D eigenvalue weighted by Gasteiger charge is -2.40. The number of aliphatic imine (C=N–C) groups is 1. The van der Waals surface area contributed by atoms with Gasteiger partial charge in [0.1, 0.15) is 5.84 Å². The maximum Gasteiger partial charge on any atom is 0.105 e. The number of aliphatic hydroxyl groups is 1. The lowest BCUT2D eigenvalue weighted by molar-refractivity contribution is 0.0772. The monoisotopic (exact) mass is 194 g/mol. The Balaban J connectivity index is 2.19. The third kappa shape index (κ3) is 1.46. The van der Waals surface area contributed by atoms with E-state index in [0.717, 1.165) is 31.8 Å². The summed E-state index contributed by atoms with van der Waals surface area (Å²) in [6, 6.07) is 0.437. The fourth-order valence-electron chi connectivity index (χ4n) is 2.51. The second-order valence-corrected chi connectivity index (χ2v) is 4.22. The van der Waals surface area contributed by atoms with E-state index in [2.05, 4.69) is 23.4 Å². The van der Waals surface area contributed by atoms with Crippen molar-refractivity contribution < 1.29 is 5.11 Å². The van der Waals surface area contributed by atoms with Gasteiger partial charge in [0.15, 0.2) is 0 Å². The topological polar surface area (TPSA) is 35.8 Å². The van der Waals surface area contributed by atoms with E-state index in [1.807, 2.05) is 6.08 Å². The minimum absolute atomic E-state index is 0.186. The Labute approximate surface area is 85.1 Å². The summed E-state index contributed by atoms with van der Waals surface area (Å²) < 4.78 is 0. The van der Waals surface area contributed by atoms with Gasteiger partial charge in [0.25, 0.3) is 0 Å². The molecule has 0 saturated carbocycles. The van der Waals surface area contributed by atoms with E-state index in [9.17, 15) is 5.11 Å². The molecule has 0 bridgehead atoms. The van der Waals surface area contributed by atoms with E-state index in [1.54, 1.807) is 0 Å². The predicted octanol–water partition coefficient (Wildman–Crippen LogP) is 1.05. The SMILES string of the molecule is C=CCC1C2=NCCN2C(C)CC1O. The number of hydrogen-bond acceptors (Lipinski definition) is 3. The maximum absolute atomic E-state index is 9.96. The van der Waals surface area contributed by atoms with Gasteiger partial charge in [-0.3, -0.25) is 4.99 Å². The third-order valence-corrected chi connectivity index (χ3v) is 3.24. The van der Waals surface area contributed by atoms with E-state index in [-0.39, 0.29) is 12.0 Å². The summed E-state index contributed by atoms with van der Waals surface area (Å²) >= 11 is 0. The van der Waals surface area contributed by atoms with Gasteiger partial charge in [-0.15, -0.1) is 6.58 Å². The molecule has 0 aromatic heterocycles. The minimum atomic E-state index is -0.240. The quantitative estimate of drug-likeness (QED) is 0.667. The van der Waals surface area contributed by atoms with Crippen molar-refractivity contribution in [3.05, 3.63) is 12.7 Å². The molecule has 2 rings (SSSR count). The van der Waals surface area contributed by atoms with E-state index < -0.39 is 0 Å². The van der Waals surface area contributed by atoms with E-state index in [1.165, 1.54) is 0 Å². The summed E-state index contributed by atoms with van der Waals surface area (Å²) in [5.74, 6) is 1.29. The molecule has 0 amide bonds. The molecule has 2 heterocycles. The number of nitrogens with zero attached hydrogens (tertiary/aromatic N) is 2. The highest BCUT2D eigenvalue weighted by Crippen LogP contribution is 2.29. The van der Waals surface area contributed by atoms with Crippen molar-refractivity contribution in [1.29, 1.82) is 0 Å². The van der Waals surface area contributed by atoms with Gasteiger partial charge in [-0.25, -0.2) is 0 Å². The molecule has 1 N–H and O–H groups in total. The Bertz CT molecular complexity index is 262. The first-order chi connectivity index (χ1) is 6.74. The molecule has 3 heteroatoms. The molecule has 14 heavy (non-hydrogen) atoms. The first-order valence-electron chi connectivity index (χ1n) is 5.34. The van der Waals surface area contributed by atoms with Crippen LogP contribution in [-0.2, 0) is 0 Å². The Morgan fingerprint density at radius 3 is 3.21 bits per heavy atom. The predicted molar refractivity (Wildman–Crippen MR) is 57.4 cm³/mol.